The van der Waals surface area contributed by atoms with E-state index in [2.05, 4.69) is 72.2 Å². The first-order valence-electron chi connectivity index (χ1n) is 6.47. The second kappa shape index (κ2) is 6.11. The average molecular weight is 249 g/mol. The van der Waals surface area contributed by atoms with Crippen LogP contribution in [0.3, 0.4) is 0 Å². The van der Waals surface area contributed by atoms with Crippen LogP contribution in [0.1, 0.15) is 16.7 Å². The Morgan fingerprint density at radius 3 is 2.11 bits per heavy atom. The van der Waals surface area contributed by atoms with Gasteiger partial charge in [0.15, 0.2) is 0 Å². The summed E-state index contributed by atoms with van der Waals surface area (Å²) in [6, 6.07) is 16.9. The average Bonchev–Trinajstić information content (AvgIpc) is 2.41. The van der Waals surface area contributed by atoms with Crippen LogP contribution in [0.25, 0.3) is 0 Å². The van der Waals surface area contributed by atoms with Crippen LogP contribution >= 0.6 is 0 Å². The van der Waals surface area contributed by atoms with Gasteiger partial charge in [-0.1, -0.05) is 41.7 Å². The molecule has 0 spiro atoms. The summed E-state index contributed by atoms with van der Waals surface area (Å²) in [5.41, 5.74) is 4.82. The molecule has 1 nitrogen and oxygen atoms in total. The molecule has 19 heavy (non-hydrogen) atoms. The van der Waals surface area contributed by atoms with Crippen LogP contribution in [0.2, 0.25) is 0 Å². The molecule has 2 rings (SSSR count). The number of anilines is 1. The second-order valence-corrected chi connectivity index (χ2v) is 4.91. The van der Waals surface area contributed by atoms with E-state index in [0.29, 0.717) is 0 Å². The van der Waals surface area contributed by atoms with Crippen molar-refractivity contribution in [2.24, 2.45) is 0 Å². The first-order chi connectivity index (χ1) is 9.15. The lowest BCUT2D eigenvalue weighted by Gasteiger charge is -2.11. The Balaban J connectivity index is 2.01. The molecule has 0 saturated heterocycles. The summed E-state index contributed by atoms with van der Waals surface area (Å²) in [6.45, 7) is 2.10. The molecule has 0 heterocycles. The predicted octanol–water partition coefficient (Wildman–Crippen LogP) is 3.66. The fourth-order valence-corrected chi connectivity index (χ4v) is 1.80. The SMILES string of the molecule is Cc1ccc(CC#Cc2ccc(N(C)C)cc2)cc1. The minimum absolute atomic E-state index is 0.801. The molecule has 0 aliphatic heterocycles. The Hall–Kier alpha value is -2.20. The molecule has 0 fully saturated rings. The van der Waals surface area contributed by atoms with Crippen molar-refractivity contribution in [3.05, 3.63) is 65.2 Å². The lowest BCUT2D eigenvalue weighted by Crippen LogP contribution is -2.07. The van der Waals surface area contributed by atoms with E-state index in [1.165, 1.54) is 16.8 Å². The molecule has 0 N–H and O–H groups in total. The Morgan fingerprint density at radius 2 is 1.53 bits per heavy atom. The highest BCUT2D eigenvalue weighted by Gasteiger charge is 1.93. The molecule has 2 aromatic carbocycles. The smallest absolute Gasteiger partial charge is 0.0361 e. The van der Waals surface area contributed by atoms with Gasteiger partial charge in [-0.2, -0.15) is 0 Å². The summed E-state index contributed by atoms with van der Waals surface area (Å²) in [5.74, 6) is 6.43. The van der Waals surface area contributed by atoms with Crippen molar-refractivity contribution >= 4 is 5.69 Å². The molecule has 2 aromatic rings. The maximum Gasteiger partial charge on any atom is 0.0361 e. The van der Waals surface area contributed by atoms with Crippen molar-refractivity contribution in [1.29, 1.82) is 0 Å². The number of hydrogen-bond donors (Lipinski definition) is 0. The zero-order valence-corrected chi connectivity index (χ0v) is 11.8. The van der Waals surface area contributed by atoms with Crippen LogP contribution in [0.5, 0.6) is 0 Å². The van der Waals surface area contributed by atoms with Gasteiger partial charge in [0, 0.05) is 31.8 Å². The van der Waals surface area contributed by atoms with E-state index in [9.17, 15) is 0 Å². The molecule has 0 atom stereocenters. The van der Waals surface area contributed by atoms with Crippen molar-refractivity contribution in [3.8, 4) is 11.8 Å². The molecule has 96 valence electrons. The van der Waals surface area contributed by atoms with Crippen LogP contribution in [-0.4, -0.2) is 14.1 Å². The molecule has 0 radical (unpaired) electrons. The van der Waals surface area contributed by atoms with Gasteiger partial charge < -0.3 is 4.90 Å². The van der Waals surface area contributed by atoms with E-state index < -0.39 is 0 Å². The third-order valence-electron chi connectivity index (χ3n) is 3.03. The topological polar surface area (TPSA) is 3.24 Å². The van der Waals surface area contributed by atoms with Gasteiger partial charge in [0.05, 0.1) is 0 Å². The Kier molecular flexibility index (Phi) is 4.26. The summed E-state index contributed by atoms with van der Waals surface area (Å²) < 4.78 is 0. The molecular weight excluding hydrogens is 230 g/mol. The van der Waals surface area contributed by atoms with Gasteiger partial charge in [-0.25, -0.2) is 0 Å². The van der Waals surface area contributed by atoms with Crippen molar-refractivity contribution < 1.29 is 0 Å². The molecule has 0 saturated carbocycles. The van der Waals surface area contributed by atoms with Gasteiger partial charge >= 0.3 is 0 Å². The van der Waals surface area contributed by atoms with Gasteiger partial charge in [0.2, 0.25) is 0 Å². The predicted molar refractivity (Wildman–Crippen MR) is 82.5 cm³/mol. The van der Waals surface area contributed by atoms with Crippen molar-refractivity contribution in [2.75, 3.05) is 19.0 Å². The maximum atomic E-state index is 3.22. The largest absolute Gasteiger partial charge is 0.378 e. The zero-order valence-electron chi connectivity index (χ0n) is 11.8. The summed E-state index contributed by atoms with van der Waals surface area (Å²) in [7, 11) is 4.08. The zero-order chi connectivity index (χ0) is 13.7. The van der Waals surface area contributed by atoms with Gasteiger partial charge in [0.25, 0.3) is 0 Å². The van der Waals surface area contributed by atoms with Crippen LogP contribution < -0.4 is 4.90 Å². The van der Waals surface area contributed by atoms with E-state index in [1.54, 1.807) is 0 Å². The monoisotopic (exact) mass is 249 g/mol. The number of hydrogen-bond acceptors (Lipinski definition) is 1. The highest BCUT2D eigenvalue weighted by Crippen LogP contribution is 2.11. The first kappa shape index (κ1) is 13.2. The van der Waals surface area contributed by atoms with Crippen LogP contribution in [-0.2, 0) is 6.42 Å². The third-order valence-corrected chi connectivity index (χ3v) is 3.03. The van der Waals surface area contributed by atoms with Gasteiger partial charge in [-0.15, -0.1) is 0 Å². The fraction of sp³-hybridized carbons (Fsp3) is 0.222. The van der Waals surface area contributed by atoms with E-state index in [4.69, 9.17) is 0 Å². The molecule has 0 unspecified atom stereocenters. The lowest BCUT2D eigenvalue weighted by atomic mass is 10.1. The normalized spacial score (nSPS) is 9.63. The fourth-order valence-electron chi connectivity index (χ4n) is 1.80. The molecule has 1 heteroatoms. The molecular formula is C18H19N. The van der Waals surface area contributed by atoms with Crippen molar-refractivity contribution in [3.63, 3.8) is 0 Å². The summed E-state index contributed by atoms with van der Waals surface area (Å²) in [5, 5.41) is 0. The van der Waals surface area contributed by atoms with Gasteiger partial charge in [-0.3, -0.25) is 0 Å². The highest BCUT2D eigenvalue weighted by molar-refractivity contribution is 5.49. The lowest BCUT2D eigenvalue weighted by molar-refractivity contribution is 1.13. The van der Waals surface area contributed by atoms with E-state index in [1.807, 2.05) is 14.1 Å². The minimum Gasteiger partial charge on any atom is -0.378 e. The van der Waals surface area contributed by atoms with Crippen LogP contribution in [0.4, 0.5) is 5.69 Å². The third kappa shape index (κ3) is 3.89. The Bertz CT molecular complexity index is 580. The van der Waals surface area contributed by atoms with E-state index >= 15 is 0 Å². The quantitative estimate of drug-likeness (QED) is 0.734. The molecule has 0 bridgehead atoms. The standard InChI is InChI=1S/C18H19N/c1-15-7-9-16(10-8-15)5-4-6-17-11-13-18(14-12-17)19(2)3/h7-14H,5H2,1-3H3. The molecule has 0 aromatic heterocycles. The minimum atomic E-state index is 0.801. The number of aryl methyl sites for hydroxylation is 1. The molecule has 0 aliphatic carbocycles. The van der Waals surface area contributed by atoms with E-state index in [0.717, 1.165) is 12.0 Å². The summed E-state index contributed by atoms with van der Waals surface area (Å²) in [4.78, 5) is 2.09. The second-order valence-electron chi connectivity index (χ2n) is 4.91. The Labute approximate surface area is 115 Å². The van der Waals surface area contributed by atoms with E-state index in [-0.39, 0.29) is 0 Å². The van der Waals surface area contributed by atoms with Crippen molar-refractivity contribution in [2.45, 2.75) is 13.3 Å². The number of rotatable bonds is 2. The van der Waals surface area contributed by atoms with Crippen molar-refractivity contribution in [1.82, 2.24) is 0 Å². The van der Waals surface area contributed by atoms with Crippen LogP contribution in [0.15, 0.2) is 48.5 Å². The summed E-state index contributed by atoms with van der Waals surface area (Å²) >= 11 is 0. The molecule has 0 amide bonds. The number of nitrogens with zero attached hydrogens (tertiary/aromatic N) is 1. The number of benzene rings is 2. The Morgan fingerprint density at radius 1 is 0.895 bits per heavy atom. The summed E-state index contributed by atoms with van der Waals surface area (Å²) in [6.07, 6.45) is 0.801. The first-order valence-corrected chi connectivity index (χ1v) is 6.47. The van der Waals surface area contributed by atoms with Gasteiger partial charge in [-0.05, 0) is 36.8 Å². The maximum absolute atomic E-state index is 3.22. The van der Waals surface area contributed by atoms with Gasteiger partial charge in [0.1, 0.15) is 0 Å². The molecule has 0 aliphatic rings. The van der Waals surface area contributed by atoms with Crippen LogP contribution in [0, 0.1) is 18.8 Å². The highest BCUT2D eigenvalue weighted by atomic mass is 15.1.